The first-order valence-corrected chi connectivity index (χ1v) is 5.42. The Morgan fingerprint density at radius 2 is 2.06 bits per heavy atom. The Kier molecular flexibility index (Phi) is 4.81. The van der Waals surface area contributed by atoms with Crippen molar-refractivity contribution in [2.45, 2.75) is 25.6 Å². The molecule has 0 amide bonds. The highest BCUT2D eigenvalue weighted by Gasteiger charge is 2.30. The van der Waals surface area contributed by atoms with Crippen LogP contribution in [0, 0.1) is 0 Å². The molecule has 1 unspecified atom stereocenters. The second-order valence-corrected chi connectivity index (χ2v) is 3.85. The van der Waals surface area contributed by atoms with Gasteiger partial charge < -0.3 is 10.1 Å². The first-order chi connectivity index (χ1) is 7.93. The van der Waals surface area contributed by atoms with Gasteiger partial charge in [-0.2, -0.15) is 13.2 Å². The van der Waals surface area contributed by atoms with Crippen LogP contribution in [0.5, 0.6) is 5.75 Å². The molecular weight excluding hydrogens is 231 g/mol. The molecule has 0 spiro atoms. The number of alkyl halides is 3. The molecule has 0 aromatic heterocycles. The van der Waals surface area contributed by atoms with E-state index in [1.807, 2.05) is 14.0 Å². The first-order valence-electron chi connectivity index (χ1n) is 5.42. The van der Waals surface area contributed by atoms with Crippen LogP contribution in [0.1, 0.15) is 18.9 Å². The number of nitrogens with one attached hydrogen (secondary N) is 1. The third-order valence-electron chi connectivity index (χ3n) is 2.30. The van der Waals surface area contributed by atoms with E-state index in [0.29, 0.717) is 0 Å². The molecule has 0 heterocycles. The lowest BCUT2D eigenvalue weighted by atomic mass is 10.2. The summed E-state index contributed by atoms with van der Waals surface area (Å²) in [6, 6.07) is 4.94. The van der Waals surface area contributed by atoms with Crippen LogP contribution in [0.3, 0.4) is 0 Å². The summed E-state index contributed by atoms with van der Waals surface area (Å²) < 4.78 is 42.7. The summed E-state index contributed by atoms with van der Waals surface area (Å²) in [4.78, 5) is 0. The van der Waals surface area contributed by atoms with Gasteiger partial charge in [0.15, 0.2) is 0 Å². The monoisotopic (exact) mass is 247 g/mol. The van der Waals surface area contributed by atoms with E-state index in [2.05, 4.69) is 5.32 Å². The molecule has 5 heteroatoms. The van der Waals surface area contributed by atoms with Gasteiger partial charge >= 0.3 is 6.18 Å². The van der Waals surface area contributed by atoms with E-state index in [9.17, 15) is 13.2 Å². The number of hydrogen-bond acceptors (Lipinski definition) is 2. The number of benzene rings is 1. The molecule has 1 rings (SSSR count). The minimum atomic E-state index is -4.33. The smallest absolute Gasteiger partial charge is 0.416 e. The highest BCUT2D eigenvalue weighted by Crippen LogP contribution is 2.31. The van der Waals surface area contributed by atoms with Crippen molar-refractivity contribution < 1.29 is 17.9 Å². The van der Waals surface area contributed by atoms with E-state index >= 15 is 0 Å². The Balaban J connectivity index is 2.66. The molecule has 0 fully saturated rings. The lowest BCUT2D eigenvalue weighted by Crippen LogP contribution is -2.19. The van der Waals surface area contributed by atoms with Crippen LogP contribution in [0.25, 0.3) is 0 Å². The lowest BCUT2D eigenvalue weighted by molar-refractivity contribution is -0.137. The Bertz CT molecular complexity index is 352. The minimum absolute atomic E-state index is 0.120. The van der Waals surface area contributed by atoms with Gasteiger partial charge in [-0.25, -0.2) is 0 Å². The van der Waals surface area contributed by atoms with Gasteiger partial charge in [0.2, 0.25) is 0 Å². The second-order valence-electron chi connectivity index (χ2n) is 3.85. The van der Waals surface area contributed by atoms with Gasteiger partial charge in [-0.05, 0) is 45.1 Å². The topological polar surface area (TPSA) is 21.3 Å². The maximum atomic E-state index is 12.4. The number of rotatable bonds is 5. The Morgan fingerprint density at radius 1 is 1.35 bits per heavy atom. The lowest BCUT2D eigenvalue weighted by Gasteiger charge is -2.15. The molecule has 0 saturated carbocycles. The summed E-state index contributed by atoms with van der Waals surface area (Å²) in [5, 5.41) is 2.96. The molecule has 1 aromatic rings. The van der Waals surface area contributed by atoms with Crippen molar-refractivity contribution in [2.24, 2.45) is 0 Å². The molecule has 1 N–H and O–H groups in total. The quantitative estimate of drug-likeness (QED) is 0.863. The summed E-state index contributed by atoms with van der Waals surface area (Å²) >= 11 is 0. The average Bonchev–Trinajstić information content (AvgIpc) is 2.25. The van der Waals surface area contributed by atoms with Crippen LogP contribution in [0.2, 0.25) is 0 Å². The fourth-order valence-electron chi connectivity index (χ4n) is 1.38. The third kappa shape index (κ3) is 4.65. The predicted octanol–water partition coefficient (Wildman–Crippen LogP) is 3.08. The fourth-order valence-corrected chi connectivity index (χ4v) is 1.38. The van der Waals surface area contributed by atoms with Crippen molar-refractivity contribution in [2.75, 3.05) is 13.6 Å². The Hall–Kier alpha value is -1.23. The molecule has 1 atom stereocenters. The van der Waals surface area contributed by atoms with Gasteiger partial charge in [-0.3, -0.25) is 0 Å². The van der Waals surface area contributed by atoms with E-state index in [1.54, 1.807) is 0 Å². The van der Waals surface area contributed by atoms with Crippen LogP contribution in [-0.2, 0) is 6.18 Å². The summed E-state index contributed by atoms with van der Waals surface area (Å²) in [6.45, 7) is 2.59. The zero-order valence-electron chi connectivity index (χ0n) is 9.84. The van der Waals surface area contributed by atoms with Crippen molar-refractivity contribution >= 4 is 0 Å². The van der Waals surface area contributed by atoms with E-state index in [-0.39, 0.29) is 11.9 Å². The molecule has 17 heavy (non-hydrogen) atoms. The first kappa shape index (κ1) is 13.8. The maximum Gasteiger partial charge on any atom is 0.416 e. The zero-order chi connectivity index (χ0) is 12.9. The summed E-state index contributed by atoms with van der Waals surface area (Å²) in [5.41, 5.74) is -0.684. The van der Waals surface area contributed by atoms with Crippen molar-refractivity contribution in [3.8, 4) is 5.75 Å². The molecular formula is C12H16F3NO. The summed E-state index contributed by atoms with van der Waals surface area (Å²) in [7, 11) is 1.82. The van der Waals surface area contributed by atoms with Crippen LogP contribution >= 0.6 is 0 Å². The van der Waals surface area contributed by atoms with Crippen molar-refractivity contribution in [1.82, 2.24) is 5.32 Å². The van der Waals surface area contributed by atoms with Crippen LogP contribution in [0.15, 0.2) is 24.3 Å². The number of halogens is 3. The molecule has 96 valence electrons. The normalized spacial score (nSPS) is 13.5. The van der Waals surface area contributed by atoms with E-state index < -0.39 is 11.7 Å². The van der Waals surface area contributed by atoms with Crippen LogP contribution < -0.4 is 10.1 Å². The maximum absolute atomic E-state index is 12.4. The zero-order valence-corrected chi connectivity index (χ0v) is 9.84. The van der Waals surface area contributed by atoms with Gasteiger partial charge in [-0.1, -0.05) is 6.07 Å². The predicted molar refractivity (Wildman–Crippen MR) is 60.1 cm³/mol. The standard InChI is InChI=1S/C12H16F3NO/c1-9(6-7-16-2)17-11-5-3-4-10(8-11)12(13,14)15/h3-5,8-9,16H,6-7H2,1-2H3. The molecule has 0 radical (unpaired) electrons. The molecule has 0 aliphatic heterocycles. The fraction of sp³-hybridized carbons (Fsp3) is 0.500. The van der Waals surface area contributed by atoms with E-state index in [1.165, 1.54) is 12.1 Å². The molecule has 2 nitrogen and oxygen atoms in total. The van der Waals surface area contributed by atoms with Gasteiger partial charge in [0, 0.05) is 0 Å². The molecule has 0 aliphatic carbocycles. The largest absolute Gasteiger partial charge is 0.491 e. The second kappa shape index (κ2) is 5.91. The van der Waals surface area contributed by atoms with E-state index in [4.69, 9.17) is 4.74 Å². The summed E-state index contributed by atoms with van der Waals surface area (Å²) in [5.74, 6) is 0.253. The minimum Gasteiger partial charge on any atom is -0.491 e. The number of hydrogen-bond donors (Lipinski definition) is 1. The van der Waals surface area contributed by atoms with Gasteiger partial charge in [0.1, 0.15) is 5.75 Å². The SMILES string of the molecule is CNCCC(C)Oc1cccc(C(F)(F)F)c1. The summed E-state index contributed by atoms with van der Waals surface area (Å²) in [6.07, 6.45) is -3.70. The van der Waals surface area contributed by atoms with Gasteiger partial charge in [-0.15, -0.1) is 0 Å². The average molecular weight is 247 g/mol. The van der Waals surface area contributed by atoms with E-state index in [0.717, 1.165) is 25.1 Å². The van der Waals surface area contributed by atoms with Crippen LogP contribution in [0.4, 0.5) is 13.2 Å². The van der Waals surface area contributed by atoms with Gasteiger partial charge in [0.05, 0.1) is 11.7 Å². The van der Waals surface area contributed by atoms with Crippen molar-refractivity contribution in [3.63, 3.8) is 0 Å². The van der Waals surface area contributed by atoms with Crippen molar-refractivity contribution in [1.29, 1.82) is 0 Å². The Labute approximate surface area is 98.8 Å². The third-order valence-corrected chi connectivity index (χ3v) is 2.30. The molecule has 0 bridgehead atoms. The highest BCUT2D eigenvalue weighted by molar-refractivity contribution is 5.30. The number of ether oxygens (including phenoxy) is 1. The molecule has 0 aliphatic rings. The highest BCUT2D eigenvalue weighted by atomic mass is 19.4. The Morgan fingerprint density at radius 3 is 2.65 bits per heavy atom. The molecule has 1 aromatic carbocycles. The molecule has 0 saturated heterocycles. The van der Waals surface area contributed by atoms with Gasteiger partial charge in [0.25, 0.3) is 0 Å². The van der Waals surface area contributed by atoms with Crippen molar-refractivity contribution in [3.05, 3.63) is 29.8 Å². The van der Waals surface area contributed by atoms with Crippen LogP contribution in [-0.4, -0.2) is 19.7 Å².